The molecule has 2 aromatic carbocycles. The van der Waals surface area contributed by atoms with Gasteiger partial charge in [0.05, 0.1) is 5.56 Å². The SMILES string of the molecule is Cc1[nH]c2ccc3c(c2c1C(=O)Oc1ccccc1)CC1CCCN2CCCCC12O3. The van der Waals surface area contributed by atoms with Crippen LogP contribution in [0.5, 0.6) is 11.5 Å². The quantitative estimate of drug-likeness (QED) is 0.460. The van der Waals surface area contributed by atoms with Gasteiger partial charge < -0.3 is 14.5 Å². The number of carbonyl (C=O) groups is 1. The van der Waals surface area contributed by atoms with Crippen LogP contribution in [0.25, 0.3) is 10.9 Å². The molecule has 2 fully saturated rings. The summed E-state index contributed by atoms with van der Waals surface area (Å²) in [4.78, 5) is 19.2. The van der Waals surface area contributed by atoms with Gasteiger partial charge in [0.15, 0.2) is 5.72 Å². The Morgan fingerprint density at radius 3 is 2.84 bits per heavy atom. The summed E-state index contributed by atoms with van der Waals surface area (Å²) in [5.74, 6) is 1.65. The van der Waals surface area contributed by atoms with Crippen molar-refractivity contribution in [3.8, 4) is 11.5 Å². The lowest BCUT2D eigenvalue weighted by Gasteiger charge is -2.56. The summed E-state index contributed by atoms with van der Waals surface area (Å²) in [6, 6.07) is 13.4. The minimum absolute atomic E-state index is 0.159. The third-order valence-electron chi connectivity index (χ3n) is 7.48. The molecule has 0 aliphatic carbocycles. The van der Waals surface area contributed by atoms with E-state index in [0.29, 0.717) is 17.2 Å². The standard InChI is InChI=1S/C26H28N2O3/c1-17-23(25(29)30-19-9-3-2-4-10-19)24-20-16-18-8-7-15-28-14-6-5-13-26(18,28)31-22(20)12-11-21(24)27-17/h2-4,9-12,18,27H,5-8,13-16H2,1H3. The van der Waals surface area contributed by atoms with E-state index < -0.39 is 0 Å². The van der Waals surface area contributed by atoms with Crippen LogP contribution >= 0.6 is 0 Å². The number of hydrogen-bond donors (Lipinski definition) is 1. The van der Waals surface area contributed by atoms with Gasteiger partial charge in [-0.05, 0) is 63.3 Å². The molecule has 5 nitrogen and oxygen atoms in total. The average Bonchev–Trinajstić information content (AvgIpc) is 3.13. The van der Waals surface area contributed by atoms with E-state index in [1.165, 1.54) is 25.7 Å². The summed E-state index contributed by atoms with van der Waals surface area (Å²) >= 11 is 0. The zero-order valence-corrected chi connectivity index (χ0v) is 17.9. The summed E-state index contributed by atoms with van der Waals surface area (Å²) in [5.41, 5.74) is 3.45. The van der Waals surface area contributed by atoms with E-state index in [1.54, 1.807) is 0 Å². The van der Waals surface area contributed by atoms with Crippen LogP contribution in [0.4, 0.5) is 0 Å². The van der Waals surface area contributed by atoms with E-state index in [4.69, 9.17) is 9.47 Å². The second-order valence-electron chi connectivity index (χ2n) is 9.23. The number of nitrogens with zero attached hydrogens (tertiary/aromatic N) is 1. The van der Waals surface area contributed by atoms with Crippen molar-refractivity contribution in [1.29, 1.82) is 0 Å². The lowest BCUT2D eigenvalue weighted by atomic mass is 9.74. The maximum atomic E-state index is 13.2. The van der Waals surface area contributed by atoms with E-state index in [-0.39, 0.29) is 11.7 Å². The van der Waals surface area contributed by atoms with Crippen LogP contribution in [-0.4, -0.2) is 34.7 Å². The highest BCUT2D eigenvalue weighted by atomic mass is 16.5. The number of ether oxygens (including phenoxy) is 2. The van der Waals surface area contributed by atoms with Crippen LogP contribution in [0.15, 0.2) is 42.5 Å². The van der Waals surface area contributed by atoms with Crippen molar-refractivity contribution in [3.63, 3.8) is 0 Å². The van der Waals surface area contributed by atoms with Crippen LogP contribution in [0.3, 0.4) is 0 Å². The first-order valence-corrected chi connectivity index (χ1v) is 11.5. The third kappa shape index (κ3) is 2.90. The number of benzene rings is 2. The fourth-order valence-corrected chi connectivity index (χ4v) is 6.11. The molecule has 3 aromatic rings. The molecule has 1 aromatic heterocycles. The topological polar surface area (TPSA) is 54.6 Å². The highest BCUT2D eigenvalue weighted by Gasteiger charge is 2.52. The number of para-hydroxylation sites is 1. The van der Waals surface area contributed by atoms with Crippen LogP contribution in [-0.2, 0) is 6.42 Å². The lowest BCUT2D eigenvalue weighted by molar-refractivity contribution is -0.177. The number of aromatic amines is 1. The molecule has 3 aliphatic rings. The number of aromatic nitrogens is 1. The molecule has 31 heavy (non-hydrogen) atoms. The Labute approximate surface area is 182 Å². The number of fused-ring (bicyclic) bond motifs is 3. The Hall–Kier alpha value is -2.79. The van der Waals surface area contributed by atoms with Crippen molar-refractivity contribution < 1.29 is 14.3 Å². The molecule has 2 unspecified atom stereocenters. The van der Waals surface area contributed by atoms with Crippen LogP contribution in [0.2, 0.25) is 0 Å². The molecule has 1 spiro atoms. The lowest BCUT2D eigenvalue weighted by Crippen LogP contribution is -2.64. The zero-order chi connectivity index (χ0) is 21.0. The van der Waals surface area contributed by atoms with Gasteiger partial charge in [-0.1, -0.05) is 18.2 Å². The number of H-pyrrole nitrogens is 1. The first kappa shape index (κ1) is 18.9. The van der Waals surface area contributed by atoms with Crippen molar-refractivity contribution in [1.82, 2.24) is 9.88 Å². The van der Waals surface area contributed by atoms with Crippen LogP contribution in [0.1, 0.15) is 53.7 Å². The molecular weight excluding hydrogens is 388 g/mol. The van der Waals surface area contributed by atoms with Crippen LogP contribution in [0, 0.1) is 12.8 Å². The summed E-state index contributed by atoms with van der Waals surface area (Å²) in [7, 11) is 0. The highest BCUT2D eigenvalue weighted by molar-refractivity contribution is 6.08. The van der Waals surface area contributed by atoms with E-state index in [2.05, 4.69) is 16.0 Å². The molecular formula is C26H28N2O3. The Bertz CT molecular complexity index is 1150. The number of carbonyl (C=O) groups excluding carboxylic acids is 1. The Balaban J connectivity index is 1.44. The highest BCUT2D eigenvalue weighted by Crippen LogP contribution is 2.50. The summed E-state index contributed by atoms with van der Waals surface area (Å²) < 4.78 is 12.6. The van der Waals surface area contributed by atoms with E-state index in [1.807, 2.05) is 43.3 Å². The maximum absolute atomic E-state index is 13.2. The minimum Gasteiger partial charge on any atom is -0.472 e. The fraction of sp³-hybridized carbons (Fsp3) is 0.423. The summed E-state index contributed by atoms with van der Waals surface area (Å²) in [6.45, 7) is 4.21. The first-order chi connectivity index (χ1) is 15.2. The molecule has 1 N–H and O–H groups in total. The number of piperidine rings is 2. The molecule has 2 atom stereocenters. The predicted octanol–water partition coefficient (Wildman–Crippen LogP) is 5.22. The predicted molar refractivity (Wildman–Crippen MR) is 120 cm³/mol. The molecule has 5 heteroatoms. The van der Waals surface area contributed by atoms with Gasteiger partial charge in [-0.15, -0.1) is 0 Å². The van der Waals surface area contributed by atoms with Gasteiger partial charge in [0, 0.05) is 47.6 Å². The average molecular weight is 417 g/mol. The van der Waals surface area contributed by atoms with E-state index in [9.17, 15) is 4.79 Å². The molecule has 3 aliphatic heterocycles. The first-order valence-electron chi connectivity index (χ1n) is 11.5. The van der Waals surface area contributed by atoms with Gasteiger partial charge in [0.1, 0.15) is 11.5 Å². The largest absolute Gasteiger partial charge is 0.472 e. The molecule has 0 radical (unpaired) electrons. The number of hydrogen-bond acceptors (Lipinski definition) is 4. The number of esters is 1. The van der Waals surface area contributed by atoms with E-state index in [0.717, 1.165) is 53.8 Å². The van der Waals surface area contributed by atoms with Crippen molar-refractivity contribution in [2.24, 2.45) is 5.92 Å². The Kier molecular flexibility index (Phi) is 4.35. The van der Waals surface area contributed by atoms with Crippen molar-refractivity contribution in [3.05, 3.63) is 59.3 Å². The summed E-state index contributed by atoms with van der Waals surface area (Å²) in [6.07, 6.45) is 6.94. The van der Waals surface area contributed by atoms with Gasteiger partial charge in [-0.25, -0.2) is 4.79 Å². The summed E-state index contributed by atoms with van der Waals surface area (Å²) in [5, 5.41) is 0.971. The number of nitrogens with one attached hydrogen (secondary N) is 1. The molecule has 0 amide bonds. The van der Waals surface area contributed by atoms with E-state index >= 15 is 0 Å². The monoisotopic (exact) mass is 416 g/mol. The fourth-order valence-electron chi connectivity index (χ4n) is 6.11. The molecule has 0 bridgehead atoms. The Morgan fingerprint density at radius 2 is 1.97 bits per heavy atom. The van der Waals surface area contributed by atoms with Crippen molar-refractivity contribution >= 4 is 16.9 Å². The second-order valence-corrected chi connectivity index (χ2v) is 9.23. The number of aryl methyl sites for hydroxylation is 1. The van der Waals surface area contributed by atoms with Gasteiger partial charge in [0.25, 0.3) is 0 Å². The van der Waals surface area contributed by atoms with Gasteiger partial charge in [-0.2, -0.15) is 0 Å². The number of rotatable bonds is 2. The van der Waals surface area contributed by atoms with Gasteiger partial charge >= 0.3 is 5.97 Å². The molecule has 6 rings (SSSR count). The maximum Gasteiger partial charge on any atom is 0.346 e. The second kappa shape index (κ2) is 7.13. The normalized spacial score (nSPS) is 25.3. The minimum atomic E-state index is -0.313. The Morgan fingerprint density at radius 1 is 1.13 bits per heavy atom. The smallest absolute Gasteiger partial charge is 0.346 e. The molecule has 0 saturated carbocycles. The van der Waals surface area contributed by atoms with Crippen LogP contribution < -0.4 is 9.47 Å². The molecule has 160 valence electrons. The third-order valence-corrected chi connectivity index (χ3v) is 7.48. The van der Waals surface area contributed by atoms with Crippen molar-refractivity contribution in [2.45, 2.75) is 51.2 Å². The van der Waals surface area contributed by atoms with Gasteiger partial charge in [-0.3, -0.25) is 4.90 Å². The van der Waals surface area contributed by atoms with Gasteiger partial charge in [0.2, 0.25) is 0 Å². The molecule has 4 heterocycles. The van der Waals surface area contributed by atoms with Crippen molar-refractivity contribution in [2.75, 3.05) is 13.1 Å². The molecule has 2 saturated heterocycles. The zero-order valence-electron chi connectivity index (χ0n) is 17.9.